The number of hydrogen-bond acceptors (Lipinski definition) is 4. The number of ether oxygens (including phenoxy) is 2. The molecule has 0 radical (unpaired) electrons. The van der Waals surface area contributed by atoms with Gasteiger partial charge in [-0.25, -0.2) is 4.79 Å². The second kappa shape index (κ2) is 6.81. The van der Waals surface area contributed by atoms with E-state index in [-0.39, 0.29) is 18.5 Å². The van der Waals surface area contributed by atoms with E-state index in [1.165, 1.54) is 7.11 Å². The number of esters is 1. The van der Waals surface area contributed by atoms with Crippen LogP contribution in [0.15, 0.2) is 30.3 Å². The number of carbonyl (C=O) groups is 2. The van der Waals surface area contributed by atoms with E-state index in [4.69, 9.17) is 9.47 Å². The molecular formula is C20H19NO4. The summed E-state index contributed by atoms with van der Waals surface area (Å²) in [6.07, 6.45) is 3.79. The molecule has 1 aliphatic rings. The van der Waals surface area contributed by atoms with Gasteiger partial charge in [0.2, 0.25) is 0 Å². The normalized spacial score (nSPS) is 13.2. The van der Waals surface area contributed by atoms with Crippen LogP contribution in [0.2, 0.25) is 0 Å². The Morgan fingerprint density at radius 1 is 1.20 bits per heavy atom. The summed E-state index contributed by atoms with van der Waals surface area (Å²) in [6.45, 7) is 3.91. The summed E-state index contributed by atoms with van der Waals surface area (Å²) >= 11 is 0. The molecule has 3 rings (SSSR count). The second-order valence-electron chi connectivity index (χ2n) is 5.91. The van der Waals surface area contributed by atoms with Crippen molar-refractivity contribution in [2.24, 2.45) is 0 Å². The molecule has 1 N–H and O–H groups in total. The molecule has 25 heavy (non-hydrogen) atoms. The number of nitrogens with one attached hydrogen (secondary N) is 1. The van der Waals surface area contributed by atoms with E-state index in [1.54, 1.807) is 6.07 Å². The van der Waals surface area contributed by atoms with Crippen LogP contribution in [0.4, 0.5) is 5.69 Å². The fourth-order valence-corrected chi connectivity index (χ4v) is 2.88. The topological polar surface area (TPSA) is 64.6 Å². The van der Waals surface area contributed by atoms with Crippen LogP contribution in [0.5, 0.6) is 5.75 Å². The molecule has 0 bridgehead atoms. The fraction of sp³-hybridized carbons (Fsp3) is 0.200. The van der Waals surface area contributed by atoms with Gasteiger partial charge in [0.1, 0.15) is 5.75 Å². The Morgan fingerprint density at radius 3 is 2.76 bits per heavy atom. The van der Waals surface area contributed by atoms with Gasteiger partial charge in [0.25, 0.3) is 5.91 Å². The van der Waals surface area contributed by atoms with Gasteiger partial charge in [-0.3, -0.25) is 4.79 Å². The van der Waals surface area contributed by atoms with Crippen LogP contribution < -0.4 is 10.1 Å². The molecule has 0 aromatic heterocycles. The Balaban J connectivity index is 1.98. The molecule has 0 saturated carbocycles. The molecule has 1 aliphatic heterocycles. The van der Waals surface area contributed by atoms with E-state index in [9.17, 15) is 9.59 Å². The number of aryl methyl sites for hydroxylation is 2. The van der Waals surface area contributed by atoms with Gasteiger partial charge in [0.05, 0.1) is 18.4 Å². The molecule has 0 spiro atoms. The summed E-state index contributed by atoms with van der Waals surface area (Å²) in [5, 5.41) is 2.82. The highest BCUT2D eigenvalue weighted by molar-refractivity contribution is 5.97. The van der Waals surface area contributed by atoms with Crippen molar-refractivity contribution in [2.45, 2.75) is 13.8 Å². The predicted molar refractivity (Wildman–Crippen MR) is 96.8 cm³/mol. The minimum absolute atomic E-state index is 0.0364. The van der Waals surface area contributed by atoms with Crippen molar-refractivity contribution in [3.63, 3.8) is 0 Å². The second-order valence-corrected chi connectivity index (χ2v) is 5.91. The van der Waals surface area contributed by atoms with E-state index in [0.717, 1.165) is 22.3 Å². The number of amides is 1. The fourth-order valence-electron chi connectivity index (χ4n) is 2.88. The third-order valence-corrected chi connectivity index (χ3v) is 4.09. The third-order valence-electron chi connectivity index (χ3n) is 4.09. The van der Waals surface area contributed by atoms with Gasteiger partial charge in [-0.15, -0.1) is 0 Å². The van der Waals surface area contributed by atoms with Crippen molar-refractivity contribution in [2.75, 3.05) is 19.0 Å². The lowest BCUT2D eigenvalue weighted by Crippen LogP contribution is -2.25. The van der Waals surface area contributed by atoms with E-state index < -0.39 is 0 Å². The maximum Gasteiger partial charge on any atom is 0.338 e. The smallest absolute Gasteiger partial charge is 0.338 e. The summed E-state index contributed by atoms with van der Waals surface area (Å²) in [5.74, 6) is 0.161. The molecule has 0 atom stereocenters. The molecule has 0 fully saturated rings. The van der Waals surface area contributed by atoms with E-state index in [2.05, 4.69) is 5.32 Å². The molecule has 5 nitrogen and oxygen atoms in total. The zero-order valence-electron chi connectivity index (χ0n) is 14.4. The van der Waals surface area contributed by atoms with Crippen LogP contribution in [-0.4, -0.2) is 25.6 Å². The molecule has 0 aliphatic carbocycles. The first-order valence-corrected chi connectivity index (χ1v) is 7.93. The first-order valence-electron chi connectivity index (χ1n) is 7.93. The van der Waals surface area contributed by atoms with Gasteiger partial charge in [0.15, 0.2) is 6.61 Å². The molecular weight excluding hydrogens is 318 g/mol. The lowest BCUT2D eigenvalue weighted by molar-refractivity contribution is -0.118. The standard InChI is InChI=1S/C20H19NO4/c1-12-5-4-6-16(20(23)24-3)15(12)8-7-14-9-13(2)19-17(10-14)21-18(22)11-25-19/h4-10H,11H2,1-3H3,(H,21,22). The van der Waals surface area contributed by atoms with E-state index in [1.807, 2.05) is 50.3 Å². The number of carbonyl (C=O) groups excluding carboxylic acids is 2. The largest absolute Gasteiger partial charge is 0.481 e. The highest BCUT2D eigenvalue weighted by Gasteiger charge is 2.18. The van der Waals surface area contributed by atoms with Gasteiger partial charge in [-0.1, -0.05) is 24.3 Å². The quantitative estimate of drug-likeness (QED) is 0.687. The zero-order chi connectivity index (χ0) is 18.0. The number of anilines is 1. The van der Waals surface area contributed by atoms with Gasteiger partial charge in [0, 0.05) is 0 Å². The molecule has 1 heterocycles. The molecule has 2 aromatic rings. The summed E-state index contributed by atoms with van der Waals surface area (Å²) in [5.41, 5.74) is 4.81. The Morgan fingerprint density at radius 2 is 2.00 bits per heavy atom. The maximum atomic E-state index is 12.0. The van der Waals surface area contributed by atoms with Crippen molar-refractivity contribution in [1.29, 1.82) is 0 Å². The Kier molecular flexibility index (Phi) is 4.57. The highest BCUT2D eigenvalue weighted by Crippen LogP contribution is 2.33. The Labute approximate surface area is 146 Å². The summed E-state index contributed by atoms with van der Waals surface area (Å²) in [7, 11) is 1.37. The number of benzene rings is 2. The molecule has 5 heteroatoms. The van der Waals surface area contributed by atoms with Crippen LogP contribution in [0.3, 0.4) is 0 Å². The Bertz CT molecular complexity index is 884. The summed E-state index contributed by atoms with van der Waals surface area (Å²) in [4.78, 5) is 23.5. The van der Waals surface area contributed by atoms with Crippen molar-refractivity contribution >= 4 is 29.7 Å². The summed E-state index contributed by atoms with van der Waals surface area (Å²) in [6, 6.07) is 9.34. The first-order chi connectivity index (χ1) is 12.0. The monoisotopic (exact) mass is 337 g/mol. The van der Waals surface area contributed by atoms with Crippen LogP contribution in [0.1, 0.15) is 32.6 Å². The van der Waals surface area contributed by atoms with Crippen LogP contribution in [0.25, 0.3) is 12.2 Å². The third kappa shape index (κ3) is 3.40. The lowest BCUT2D eigenvalue weighted by Gasteiger charge is -2.20. The first kappa shape index (κ1) is 16.8. The van der Waals surface area contributed by atoms with Crippen molar-refractivity contribution < 1.29 is 19.1 Å². The minimum Gasteiger partial charge on any atom is -0.481 e. The zero-order valence-corrected chi connectivity index (χ0v) is 14.4. The number of rotatable bonds is 3. The number of hydrogen-bond donors (Lipinski definition) is 1. The maximum absolute atomic E-state index is 12.0. The molecule has 0 saturated heterocycles. The number of methoxy groups -OCH3 is 1. The van der Waals surface area contributed by atoms with Gasteiger partial charge in [-0.2, -0.15) is 0 Å². The van der Waals surface area contributed by atoms with E-state index >= 15 is 0 Å². The van der Waals surface area contributed by atoms with Crippen LogP contribution in [-0.2, 0) is 9.53 Å². The van der Waals surface area contributed by atoms with Gasteiger partial charge >= 0.3 is 5.97 Å². The van der Waals surface area contributed by atoms with Gasteiger partial charge < -0.3 is 14.8 Å². The molecule has 2 aromatic carbocycles. The average Bonchev–Trinajstić information content (AvgIpc) is 2.59. The summed E-state index contributed by atoms with van der Waals surface area (Å²) < 4.78 is 10.3. The predicted octanol–water partition coefficient (Wildman–Crippen LogP) is 3.59. The van der Waals surface area contributed by atoms with Crippen LogP contribution in [0, 0.1) is 13.8 Å². The average molecular weight is 337 g/mol. The molecule has 128 valence electrons. The van der Waals surface area contributed by atoms with Gasteiger partial charge in [-0.05, 0) is 54.3 Å². The lowest BCUT2D eigenvalue weighted by atomic mass is 10.00. The molecule has 0 unspecified atom stereocenters. The number of fused-ring (bicyclic) bond motifs is 1. The highest BCUT2D eigenvalue weighted by atomic mass is 16.5. The SMILES string of the molecule is COC(=O)c1cccc(C)c1C=Cc1cc(C)c2c(c1)NC(=O)CO2. The molecule has 1 amide bonds. The Hall–Kier alpha value is -3.08. The minimum atomic E-state index is -0.370. The van der Waals surface area contributed by atoms with E-state index in [0.29, 0.717) is 17.0 Å². The van der Waals surface area contributed by atoms with Crippen LogP contribution >= 0.6 is 0 Å². The van der Waals surface area contributed by atoms with Crippen molar-refractivity contribution in [3.8, 4) is 5.75 Å². The van der Waals surface area contributed by atoms with Crippen molar-refractivity contribution in [3.05, 3.63) is 58.1 Å². The van der Waals surface area contributed by atoms with Crippen molar-refractivity contribution in [1.82, 2.24) is 0 Å².